The largest absolute Gasteiger partial charge is 0.455 e. The van der Waals surface area contributed by atoms with Gasteiger partial charge < -0.3 is 9.73 Å². The second-order valence-electron chi connectivity index (χ2n) is 5.68. The topological polar surface area (TPSA) is 73.0 Å². The van der Waals surface area contributed by atoms with Gasteiger partial charge in [-0.2, -0.15) is 16.9 Å². The van der Waals surface area contributed by atoms with Gasteiger partial charge in [-0.05, 0) is 44.4 Å². The number of pyridine rings is 1. The first-order chi connectivity index (χ1) is 12.1. The van der Waals surface area contributed by atoms with Gasteiger partial charge in [-0.15, -0.1) is 0 Å². The molecule has 3 heterocycles. The third-order valence-electron chi connectivity index (χ3n) is 3.90. The van der Waals surface area contributed by atoms with Crippen LogP contribution in [0.1, 0.15) is 40.5 Å². The Morgan fingerprint density at radius 1 is 1.36 bits per heavy atom. The van der Waals surface area contributed by atoms with Crippen molar-refractivity contribution in [2.45, 2.75) is 25.6 Å². The molecule has 0 aliphatic heterocycles. The van der Waals surface area contributed by atoms with Crippen LogP contribution in [0.5, 0.6) is 0 Å². The molecule has 0 saturated heterocycles. The summed E-state index contributed by atoms with van der Waals surface area (Å²) in [6.45, 7) is 3.89. The average molecular weight is 356 g/mol. The van der Waals surface area contributed by atoms with Gasteiger partial charge in [0.05, 0.1) is 18.0 Å². The minimum absolute atomic E-state index is 0.195. The Bertz CT molecular complexity index is 857. The van der Waals surface area contributed by atoms with Gasteiger partial charge in [0.25, 0.3) is 5.91 Å². The SMILES string of the molecule is CSCc1ccc(C(=O)NC(C)c2cnn(-c3ccccn3)c2C)o1. The summed E-state index contributed by atoms with van der Waals surface area (Å²) in [5, 5.41) is 7.35. The molecular formula is C18H20N4O2S. The number of rotatable bonds is 6. The Labute approximate surface area is 150 Å². The summed E-state index contributed by atoms with van der Waals surface area (Å²) in [5.41, 5.74) is 1.88. The normalized spacial score (nSPS) is 12.1. The average Bonchev–Trinajstić information content (AvgIpc) is 3.23. The molecule has 0 aromatic carbocycles. The number of thioether (sulfide) groups is 1. The Morgan fingerprint density at radius 3 is 2.92 bits per heavy atom. The minimum Gasteiger partial charge on any atom is -0.455 e. The minimum atomic E-state index is -0.232. The Kier molecular flexibility index (Phi) is 5.23. The molecule has 3 rings (SSSR count). The van der Waals surface area contributed by atoms with E-state index in [2.05, 4.69) is 15.4 Å². The first-order valence-corrected chi connectivity index (χ1v) is 9.34. The van der Waals surface area contributed by atoms with Gasteiger partial charge in [0.15, 0.2) is 11.6 Å². The number of carbonyl (C=O) groups is 1. The maximum atomic E-state index is 12.4. The molecule has 7 heteroatoms. The van der Waals surface area contributed by atoms with E-state index in [1.807, 2.05) is 44.4 Å². The molecule has 0 spiro atoms. The van der Waals surface area contributed by atoms with Gasteiger partial charge >= 0.3 is 0 Å². The number of nitrogens with zero attached hydrogens (tertiary/aromatic N) is 3. The Balaban J connectivity index is 1.74. The van der Waals surface area contributed by atoms with Crippen LogP contribution >= 0.6 is 11.8 Å². The third kappa shape index (κ3) is 3.76. The molecule has 0 fully saturated rings. The van der Waals surface area contributed by atoms with Gasteiger partial charge in [-0.25, -0.2) is 9.67 Å². The molecule has 6 nitrogen and oxygen atoms in total. The Hall–Kier alpha value is -2.54. The van der Waals surface area contributed by atoms with E-state index in [4.69, 9.17) is 4.42 Å². The lowest BCUT2D eigenvalue weighted by molar-refractivity contribution is 0.0910. The number of nitrogens with one attached hydrogen (secondary N) is 1. The molecule has 25 heavy (non-hydrogen) atoms. The van der Waals surface area contributed by atoms with Crippen molar-refractivity contribution in [3.8, 4) is 5.82 Å². The van der Waals surface area contributed by atoms with Crippen molar-refractivity contribution < 1.29 is 9.21 Å². The quantitative estimate of drug-likeness (QED) is 0.731. The molecule has 0 aliphatic rings. The van der Waals surface area contributed by atoms with Crippen molar-refractivity contribution in [3.63, 3.8) is 0 Å². The zero-order valence-corrected chi connectivity index (χ0v) is 15.2. The molecule has 1 amide bonds. The fourth-order valence-electron chi connectivity index (χ4n) is 2.62. The van der Waals surface area contributed by atoms with E-state index in [9.17, 15) is 4.79 Å². The van der Waals surface area contributed by atoms with Crippen LogP contribution in [-0.2, 0) is 5.75 Å². The highest BCUT2D eigenvalue weighted by atomic mass is 32.2. The zero-order chi connectivity index (χ0) is 17.8. The summed E-state index contributed by atoms with van der Waals surface area (Å²) in [4.78, 5) is 16.7. The van der Waals surface area contributed by atoms with Crippen molar-refractivity contribution in [2.75, 3.05) is 6.26 Å². The number of carbonyl (C=O) groups excluding carboxylic acids is 1. The molecular weight excluding hydrogens is 336 g/mol. The van der Waals surface area contributed by atoms with Gasteiger partial charge in [0.2, 0.25) is 0 Å². The molecule has 3 aromatic heterocycles. The van der Waals surface area contributed by atoms with Crippen LogP contribution in [0.15, 0.2) is 47.1 Å². The fourth-order valence-corrected chi connectivity index (χ4v) is 3.06. The van der Waals surface area contributed by atoms with E-state index < -0.39 is 0 Å². The standard InChI is InChI=1S/C18H20N4O2S/c1-12(21-18(23)16-8-7-14(24-16)11-25-3)15-10-20-22(13(15)2)17-6-4-5-9-19-17/h4-10,12H,11H2,1-3H3,(H,21,23). The third-order valence-corrected chi connectivity index (χ3v) is 4.47. The molecule has 0 saturated carbocycles. The second-order valence-corrected chi connectivity index (χ2v) is 6.55. The molecule has 1 N–H and O–H groups in total. The van der Waals surface area contributed by atoms with E-state index >= 15 is 0 Å². The number of hydrogen-bond acceptors (Lipinski definition) is 5. The second kappa shape index (κ2) is 7.57. The van der Waals surface area contributed by atoms with Crippen LogP contribution in [0, 0.1) is 6.92 Å². The van der Waals surface area contributed by atoms with Crippen molar-refractivity contribution in [3.05, 3.63) is 65.5 Å². The van der Waals surface area contributed by atoms with Crippen LogP contribution < -0.4 is 5.32 Å². The first kappa shape index (κ1) is 17.3. The molecule has 1 atom stereocenters. The van der Waals surface area contributed by atoms with Crippen LogP contribution in [-0.4, -0.2) is 26.9 Å². The Morgan fingerprint density at radius 2 is 2.20 bits per heavy atom. The summed E-state index contributed by atoms with van der Waals surface area (Å²) >= 11 is 1.65. The molecule has 3 aromatic rings. The van der Waals surface area contributed by atoms with Crippen molar-refractivity contribution in [1.29, 1.82) is 0 Å². The fraction of sp³-hybridized carbons (Fsp3) is 0.278. The molecule has 1 unspecified atom stereocenters. The van der Waals surface area contributed by atoms with E-state index in [0.29, 0.717) is 5.76 Å². The van der Waals surface area contributed by atoms with Crippen LogP contribution in [0.2, 0.25) is 0 Å². The van der Waals surface area contributed by atoms with Crippen molar-refractivity contribution >= 4 is 17.7 Å². The number of amides is 1. The highest BCUT2D eigenvalue weighted by Crippen LogP contribution is 2.20. The monoisotopic (exact) mass is 356 g/mol. The molecule has 0 aliphatic carbocycles. The first-order valence-electron chi connectivity index (χ1n) is 7.94. The lowest BCUT2D eigenvalue weighted by Crippen LogP contribution is -2.26. The van der Waals surface area contributed by atoms with Gasteiger partial charge in [-0.1, -0.05) is 6.07 Å². The summed E-state index contributed by atoms with van der Waals surface area (Å²) in [6.07, 6.45) is 5.48. The molecule has 130 valence electrons. The molecule has 0 radical (unpaired) electrons. The van der Waals surface area contributed by atoms with E-state index in [0.717, 1.165) is 28.6 Å². The lowest BCUT2D eigenvalue weighted by atomic mass is 10.1. The van der Waals surface area contributed by atoms with E-state index in [1.54, 1.807) is 34.9 Å². The van der Waals surface area contributed by atoms with Gasteiger partial charge in [0, 0.05) is 17.5 Å². The number of hydrogen-bond donors (Lipinski definition) is 1. The smallest absolute Gasteiger partial charge is 0.287 e. The summed E-state index contributed by atoms with van der Waals surface area (Å²) in [5.74, 6) is 2.39. The maximum absolute atomic E-state index is 12.4. The van der Waals surface area contributed by atoms with Gasteiger partial charge in [0.1, 0.15) is 5.76 Å². The molecule has 0 bridgehead atoms. The predicted molar refractivity (Wildman–Crippen MR) is 97.9 cm³/mol. The number of furan rings is 1. The summed E-state index contributed by atoms with van der Waals surface area (Å²) < 4.78 is 7.33. The lowest BCUT2D eigenvalue weighted by Gasteiger charge is -2.13. The van der Waals surface area contributed by atoms with Crippen LogP contribution in [0.4, 0.5) is 0 Å². The van der Waals surface area contributed by atoms with E-state index in [-0.39, 0.29) is 11.9 Å². The van der Waals surface area contributed by atoms with Crippen LogP contribution in [0.3, 0.4) is 0 Å². The summed E-state index contributed by atoms with van der Waals surface area (Å²) in [7, 11) is 0. The highest BCUT2D eigenvalue weighted by Gasteiger charge is 2.19. The van der Waals surface area contributed by atoms with Crippen LogP contribution in [0.25, 0.3) is 5.82 Å². The highest BCUT2D eigenvalue weighted by molar-refractivity contribution is 7.97. The van der Waals surface area contributed by atoms with E-state index in [1.165, 1.54) is 0 Å². The maximum Gasteiger partial charge on any atom is 0.287 e. The number of aromatic nitrogens is 3. The van der Waals surface area contributed by atoms with Crippen molar-refractivity contribution in [1.82, 2.24) is 20.1 Å². The van der Waals surface area contributed by atoms with Crippen molar-refractivity contribution in [2.24, 2.45) is 0 Å². The zero-order valence-electron chi connectivity index (χ0n) is 14.4. The predicted octanol–water partition coefficient (Wildman–Crippen LogP) is 3.52. The summed E-state index contributed by atoms with van der Waals surface area (Å²) in [6, 6.07) is 9.01. The van der Waals surface area contributed by atoms with Gasteiger partial charge in [-0.3, -0.25) is 4.79 Å².